The van der Waals surface area contributed by atoms with Crippen LogP contribution in [0.3, 0.4) is 0 Å². The molecule has 27 nitrogen and oxygen atoms in total. The Kier molecular flexibility index (Phi) is 60.9. The van der Waals surface area contributed by atoms with Crippen molar-refractivity contribution in [2.75, 3.05) is 56.4 Å². The number of carboxylic acids is 1. The van der Waals surface area contributed by atoms with Gasteiger partial charge in [0.25, 0.3) is 17.6 Å². The second kappa shape index (κ2) is 62.3. The second-order valence-electron chi connectivity index (χ2n) is 20.3. The van der Waals surface area contributed by atoms with Crippen LogP contribution in [0.1, 0.15) is 41.8 Å². The van der Waals surface area contributed by atoms with E-state index < -0.39 is 17.1 Å². The van der Waals surface area contributed by atoms with Crippen molar-refractivity contribution in [2.45, 2.75) is 29.2 Å². The standard InChI is InChI=1S/C12H12ClNO2.C10H7BrClNO.C10H8BrNO2.C10H8ClNO2.C10H9N3O2.C10H9NO2.C10H10O3.CH2O3.3CH4.BHNS.Cl3OP.2K.H/c1-3-16-11-7-14-12(13)9-5-4-8(15-2)6-10(9)11;1-14-6-2-3-7-8(4-6)9(11)5-13-10(7)12;1-14-6-2-3-7-8(4-6)9(11)5-12-10(7)13;1-14-6-2-3-7-8(4-6)9(13)5-12-10(7)11;1-15-9-4-2-3-8(7-9)5-6-10(14)12-13-11;1-13-8-2-3-9-7(6-8)4-5-11-10(9)12;1-13-9-4-2-3-8(7-9)5-6-10(11)12;2-1-4-3;;;;1-2-3;1-5(2,3)4;;;/h4-7H,3H2,1-2H3;2-5H,1H3;2-5H,1H3,(H,12,13);2-5,13H,1H3;2-7H,1H3;2-6H,1H3,(H,11,12);2-7H,1H3,(H,11,12);1,3H;3*1H4;3H;;;;/q;;;;;;;;;;;;;2*+1;-1/p-1/b;;;;6-5+;;6-5+;;;;;;;;;. The van der Waals surface area contributed by atoms with Crippen molar-refractivity contribution in [3.05, 3.63) is 255 Å². The summed E-state index contributed by atoms with van der Waals surface area (Å²) in [5.41, 5.74) is 9.45. The molecule has 12 rings (SSSR count). The normalized spacial score (nSPS) is 9.56. The zero-order valence-electron chi connectivity index (χ0n) is 62.4. The first-order valence-electron chi connectivity index (χ1n) is 30.8. The number of amides is 1. The molecule has 0 unspecified atom stereocenters. The number of nitrogens with one attached hydrogen (secondary N) is 2. The summed E-state index contributed by atoms with van der Waals surface area (Å²) in [7, 11) is 15.5. The van der Waals surface area contributed by atoms with Crippen LogP contribution in [0.5, 0.6) is 51.7 Å². The molecule has 40 heteroatoms. The third kappa shape index (κ3) is 41.2. The molecule has 0 atom stereocenters. The molecule has 0 saturated carbocycles. The first-order chi connectivity index (χ1) is 53.0. The molecule has 4 N–H and O–H groups in total. The van der Waals surface area contributed by atoms with Crippen LogP contribution < -0.4 is 157 Å². The van der Waals surface area contributed by atoms with Gasteiger partial charge in [-0.1, -0.05) is 87.4 Å². The number of aromatic hydroxyl groups is 1. The van der Waals surface area contributed by atoms with Gasteiger partial charge in [0.2, 0.25) is 5.91 Å². The number of fused-ring (bicyclic) bond motifs is 5. The fraction of sp³-hybridized carbons (Fsp3) is 0.158. The van der Waals surface area contributed by atoms with Crippen LogP contribution in [0.15, 0.2) is 217 Å². The SMILES string of the molecule is C.C.C.CCOc1cnc(Cl)c2ccc(OC)cc12.COc1ccc2c(=O)[nH]cc(Br)c2c1.COc1ccc2c(=O)[nH]ccc2c1.COc1ccc2c(Cl)ncc(Br)c2c1.COc1ccc2c(Cl)ncc(O)c2c1.COc1cccc(/C=C/C(=O)N=[N+]=[N-])c1.COc1cccc(/C=C/C(=O)O)c1.O=CO[O-].O=P(Cl)(Cl)Cl.[B]=NS.[H-].[K+].[K+]. The summed E-state index contributed by atoms with van der Waals surface area (Å²) in [6.07, 6.45) is 13.3. The van der Waals surface area contributed by atoms with E-state index in [9.17, 15) is 28.8 Å². The molecule has 0 aliphatic carbocycles. The molecule has 1 amide bonds. The van der Waals surface area contributed by atoms with Gasteiger partial charge in [0, 0.05) is 87.0 Å². The van der Waals surface area contributed by atoms with Gasteiger partial charge in [-0.25, -0.2) is 19.7 Å². The number of halogens is 8. The van der Waals surface area contributed by atoms with Gasteiger partial charge in [-0.05, 0) is 233 Å². The minimum Gasteiger partial charge on any atom is -1.00 e. The van der Waals surface area contributed by atoms with Crippen molar-refractivity contribution in [2.24, 2.45) is 9.41 Å². The molecule has 0 aliphatic rings. The summed E-state index contributed by atoms with van der Waals surface area (Å²) in [6.45, 7) is 2.34. The topological polar surface area (TPSA) is 380 Å². The van der Waals surface area contributed by atoms with Crippen LogP contribution >= 0.6 is 118 Å². The maximum atomic E-state index is 11.4. The van der Waals surface area contributed by atoms with Crippen molar-refractivity contribution in [3.8, 4) is 51.7 Å². The number of hydrogen-bond acceptors (Lipinski definition) is 22. The monoisotopic (exact) mass is 1920 g/mol. The number of ether oxygens (including phenoxy) is 8. The molecule has 116 heavy (non-hydrogen) atoms. The molecule has 0 spiro atoms. The number of azide groups is 1. The van der Waals surface area contributed by atoms with Crippen molar-refractivity contribution < 1.29 is 181 Å². The molecule has 7 aromatic carbocycles. The number of aromatic amines is 2. The van der Waals surface area contributed by atoms with Gasteiger partial charge in [-0.3, -0.25) is 23.7 Å². The zero-order valence-corrected chi connectivity index (χ0v) is 77.1. The average molecular weight is 1930 g/mol. The Morgan fingerprint density at radius 2 is 0.957 bits per heavy atom. The van der Waals surface area contributed by atoms with Crippen molar-refractivity contribution in [1.82, 2.24) is 24.9 Å². The second-order valence-corrected chi connectivity index (χ2v) is 30.0. The minimum absolute atomic E-state index is 0. The Balaban J connectivity index is -0.000000617. The summed E-state index contributed by atoms with van der Waals surface area (Å²) in [4.78, 5) is 74.6. The predicted molar refractivity (Wildman–Crippen MR) is 467 cm³/mol. The fourth-order valence-corrected chi connectivity index (χ4v) is 10.2. The number of aliphatic carboxylic acids is 1. The fourth-order valence-electron chi connectivity index (χ4n) is 8.67. The van der Waals surface area contributed by atoms with Gasteiger partial charge >= 0.3 is 139 Å². The maximum Gasteiger partial charge on any atom is 1.00 e. The van der Waals surface area contributed by atoms with Gasteiger partial charge in [-0.2, -0.15) is 0 Å². The molecule has 12 aromatic rings. The van der Waals surface area contributed by atoms with E-state index in [1.54, 1.807) is 159 Å². The largest absolute Gasteiger partial charge is 1.00 e. The summed E-state index contributed by atoms with van der Waals surface area (Å²) in [6, 6.07) is 43.5. The van der Waals surface area contributed by atoms with Crippen LogP contribution in [0.2, 0.25) is 15.5 Å². The Labute approximate surface area is 808 Å². The van der Waals surface area contributed by atoms with E-state index in [2.05, 4.69) is 130 Å². The Hall–Kier alpha value is -6.83. The van der Waals surface area contributed by atoms with E-state index in [1.807, 2.05) is 73.7 Å². The average Bonchev–Trinajstić information content (AvgIpc) is 0.805. The Morgan fingerprint density at radius 1 is 0.586 bits per heavy atom. The molecule has 5 aromatic heterocycles. The van der Waals surface area contributed by atoms with Crippen LogP contribution in [-0.4, -0.2) is 117 Å². The number of carboxylic acid groups (broad SMARTS) is 1. The molecule has 0 fully saturated rings. The number of thiol groups is 1. The maximum absolute atomic E-state index is 11.4. The summed E-state index contributed by atoms with van der Waals surface area (Å²) in [5, 5.41) is 35.5. The van der Waals surface area contributed by atoms with Crippen molar-refractivity contribution in [1.29, 1.82) is 0 Å². The predicted octanol–water partition coefficient (Wildman–Crippen LogP) is 15.2. The number of aromatic nitrogens is 5. The van der Waals surface area contributed by atoms with Crippen LogP contribution in [0.4, 0.5) is 0 Å². The van der Waals surface area contributed by atoms with Gasteiger partial charge in [0.05, 0.1) is 68.8 Å². The smallest absolute Gasteiger partial charge is 1.00 e. The summed E-state index contributed by atoms with van der Waals surface area (Å²) >= 11 is 41.7. The number of carbonyl (C=O) groups excluding carboxylic acids is 2. The van der Waals surface area contributed by atoms with Gasteiger partial charge in [0.1, 0.15) is 67.2 Å². The third-order valence-electron chi connectivity index (χ3n) is 13.6. The van der Waals surface area contributed by atoms with Crippen LogP contribution in [0, 0.1) is 0 Å². The molecule has 0 saturated heterocycles. The third-order valence-corrected chi connectivity index (χ3v) is 15.8. The van der Waals surface area contributed by atoms with E-state index in [4.69, 9.17) is 93.4 Å². The van der Waals surface area contributed by atoms with Crippen molar-refractivity contribution in [3.63, 3.8) is 0 Å². The molecule has 5 heterocycles. The zero-order chi connectivity index (χ0) is 82.6. The van der Waals surface area contributed by atoms with E-state index >= 15 is 0 Å². The summed E-state index contributed by atoms with van der Waals surface area (Å²) < 4.78 is 54.9. The first-order valence-corrected chi connectivity index (χ1v) is 38.4. The van der Waals surface area contributed by atoms with Crippen molar-refractivity contribution >= 4 is 210 Å². The quantitative estimate of drug-likeness (QED) is 0.00577. The molecule has 0 aliphatic heterocycles. The van der Waals surface area contributed by atoms with Gasteiger partial charge in [0.15, 0.2) is 0 Å². The molecular formula is C76H78BBr2Cl6K2N9O18PS. The van der Waals surface area contributed by atoms with E-state index in [0.717, 1.165) is 87.2 Å². The first kappa shape index (κ1) is 113. The number of benzene rings is 7. The van der Waals surface area contributed by atoms with Gasteiger partial charge < -0.3 is 69.6 Å². The number of pyridine rings is 5. The number of rotatable bonds is 14. The Morgan fingerprint density at radius 3 is 1.40 bits per heavy atom. The number of methoxy groups -OCH3 is 7. The molecule has 1 radical (unpaired) electrons. The summed E-state index contributed by atoms with van der Waals surface area (Å²) in [5.74, 6) is 4.42. The number of hydrogen-bond donors (Lipinski definition) is 5. The van der Waals surface area contributed by atoms with E-state index in [0.29, 0.717) is 60.9 Å². The van der Waals surface area contributed by atoms with E-state index in [-0.39, 0.29) is 150 Å². The van der Waals surface area contributed by atoms with E-state index in [1.165, 1.54) is 18.3 Å². The van der Waals surface area contributed by atoms with Crippen LogP contribution in [0.25, 0.3) is 76.5 Å². The Bertz CT molecular complexity index is 5310. The number of nitrogens with zero attached hydrogens (tertiary/aromatic N) is 7. The molecule has 607 valence electrons. The number of carbonyl (C=O) groups is 3. The van der Waals surface area contributed by atoms with Gasteiger partial charge in [-0.15, -0.1) is 0 Å². The molecule has 0 bridgehead atoms. The minimum atomic E-state index is -3.22. The number of H-pyrrole nitrogens is 2. The van der Waals surface area contributed by atoms with Crippen LogP contribution in [-0.2, 0) is 23.8 Å². The molecular weight excluding hydrogens is 1850 g/mol.